The number of benzene rings is 1. The van der Waals surface area contributed by atoms with Crippen LogP contribution in [0.25, 0.3) is 0 Å². The van der Waals surface area contributed by atoms with E-state index >= 15 is 0 Å². The first-order valence-corrected chi connectivity index (χ1v) is 6.06. The first-order chi connectivity index (χ1) is 8.79. The Labute approximate surface area is 109 Å². The Bertz CT molecular complexity index is 395. The van der Waals surface area contributed by atoms with Gasteiger partial charge in [-0.1, -0.05) is 30.3 Å². The Morgan fingerprint density at radius 3 is 2.78 bits per heavy atom. The second-order valence-corrected chi connectivity index (χ2v) is 4.00. The summed E-state index contributed by atoms with van der Waals surface area (Å²) in [4.78, 5) is 11.7. The Kier molecular flexibility index (Phi) is 6.60. The van der Waals surface area contributed by atoms with Crippen molar-refractivity contribution in [2.75, 3.05) is 20.2 Å². The maximum atomic E-state index is 11.7. The van der Waals surface area contributed by atoms with Gasteiger partial charge in [0.2, 0.25) is 0 Å². The predicted molar refractivity (Wildman–Crippen MR) is 72.1 cm³/mol. The van der Waals surface area contributed by atoms with Crippen molar-refractivity contribution in [3.05, 3.63) is 35.9 Å². The second kappa shape index (κ2) is 8.32. The summed E-state index contributed by atoms with van der Waals surface area (Å²) in [5, 5.41) is 3.24. The SMILES string of the molecule is C#CCCCNCC(C(=O)OC)c1ccccc1. The molecule has 1 atom stereocenters. The van der Waals surface area contributed by atoms with Gasteiger partial charge in [-0.3, -0.25) is 4.79 Å². The largest absolute Gasteiger partial charge is 0.469 e. The molecule has 0 fully saturated rings. The lowest BCUT2D eigenvalue weighted by Crippen LogP contribution is -2.28. The van der Waals surface area contributed by atoms with Gasteiger partial charge in [-0.25, -0.2) is 0 Å². The summed E-state index contributed by atoms with van der Waals surface area (Å²) in [7, 11) is 1.41. The van der Waals surface area contributed by atoms with E-state index in [1.807, 2.05) is 30.3 Å². The van der Waals surface area contributed by atoms with Crippen LogP contribution in [-0.2, 0) is 9.53 Å². The van der Waals surface area contributed by atoms with Gasteiger partial charge in [0, 0.05) is 13.0 Å². The maximum absolute atomic E-state index is 11.7. The number of rotatable bonds is 7. The first kappa shape index (κ1) is 14.3. The quantitative estimate of drug-likeness (QED) is 0.453. The fourth-order valence-corrected chi connectivity index (χ4v) is 1.73. The Morgan fingerprint density at radius 2 is 2.17 bits per heavy atom. The fourth-order valence-electron chi connectivity index (χ4n) is 1.73. The van der Waals surface area contributed by atoms with E-state index < -0.39 is 0 Å². The molecule has 0 aliphatic rings. The van der Waals surface area contributed by atoms with Crippen LogP contribution in [0.2, 0.25) is 0 Å². The molecule has 1 rings (SSSR count). The highest BCUT2D eigenvalue weighted by molar-refractivity contribution is 5.78. The van der Waals surface area contributed by atoms with E-state index in [0.717, 1.165) is 24.9 Å². The van der Waals surface area contributed by atoms with Gasteiger partial charge in [0.25, 0.3) is 0 Å². The van der Waals surface area contributed by atoms with E-state index in [1.54, 1.807) is 0 Å². The number of ether oxygens (including phenoxy) is 1. The molecule has 0 spiro atoms. The third kappa shape index (κ3) is 4.60. The monoisotopic (exact) mass is 245 g/mol. The van der Waals surface area contributed by atoms with Crippen LogP contribution < -0.4 is 5.32 Å². The van der Waals surface area contributed by atoms with Gasteiger partial charge in [0.15, 0.2) is 0 Å². The highest BCUT2D eigenvalue weighted by atomic mass is 16.5. The molecule has 0 saturated heterocycles. The number of carbonyl (C=O) groups is 1. The number of methoxy groups -OCH3 is 1. The molecule has 1 N–H and O–H groups in total. The fraction of sp³-hybridized carbons (Fsp3) is 0.400. The summed E-state index contributed by atoms with van der Waals surface area (Å²) in [5.41, 5.74) is 0.966. The molecule has 1 aromatic carbocycles. The molecule has 96 valence electrons. The van der Waals surface area contributed by atoms with Crippen molar-refractivity contribution in [1.29, 1.82) is 0 Å². The molecule has 0 bridgehead atoms. The number of terminal acetylenes is 1. The van der Waals surface area contributed by atoms with Gasteiger partial charge < -0.3 is 10.1 Å². The van der Waals surface area contributed by atoms with Crippen LogP contribution in [0.4, 0.5) is 0 Å². The standard InChI is InChI=1S/C15H19NO2/c1-3-4-8-11-16-12-14(15(17)18-2)13-9-6-5-7-10-13/h1,5-7,9-10,14,16H,4,8,11-12H2,2H3. The Balaban J connectivity index is 2.53. The van der Waals surface area contributed by atoms with Crippen LogP contribution in [0.5, 0.6) is 0 Å². The summed E-state index contributed by atoms with van der Waals surface area (Å²) in [5.74, 6) is 2.11. The number of esters is 1. The highest BCUT2D eigenvalue weighted by Gasteiger charge is 2.20. The average Bonchev–Trinajstić information content (AvgIpc) is 2.43. The zero-order valence-electron chi connectivity index (χ0n) is 10.7. The van der Waals surface area contributed by atoms with Gasteiger partial charge in [0.05, 0.1) is 13.0 Å². The number of hydrogen-bond donors (Lipinski definition) is 1. The molecule has 0 aliphatic carbocycles. The van der Waals surface area contributed by atoms with Gasteiger partial charge in [-0.05, 0) is 18.5 Å². The molecule has 18 heavy (non-hydrogen) atoms. The number of hydrogen-bond acceptors (Lipinski definition) is 3. The van der Waals surface area contributed by atoms with Crippen molar-refractivity contribution in [2.45, 2.75) is 18.8 Å². The lowest BCUT2D eigenvalue weighted by molar-refractivity contribution is -0.142. The third-order valence-electron chi connectivity index (χ3n) is 2.71. The van der Waals surface area contributed by atoms with Gasteiger partial charge >= 0.3 is 5.97 Å². The molecule has 3 nitrogen and oxygen atoms in total. The van der Waals surface area contributed by atoms with Crippen molar-refractivity contribution in [3.63, 3.8) is 0 Å². The predicted octanol–water partition coefficient (Wildman–Crippen LogP) is 1.95. The van der Waals surface area contributed by atoms with E-state index in [4.69, 9.17) is 11.2 Å². The molecule has 1 aromatic rings. The van der Waals surface area contributed by atoms with E-state index in [9.17, 15) is 4.79 Å². The first-order valence-electron chi connectivity index (χ1n) is 6.06. The molecule has 0 aliphatic heterocycles. The molecule has 3 heteroatoms. The Morgan fingerprint density at radius 1 is 1.44 bits per heavy atom. The van der Waals surface area contributed by atoms with E-state index in [-0.39, 0.29) is 11.9 Å². The lowest BCUT2D eigenvalue weighted by Gasteiger charge is -2.15. The zero-order valence-corrected chi connectivity index (χ0v) is 10.7. The van der Waals surface area contributed by atoms with Gasteiger partial charge in [-0.15, -0.1) is 12.3 Å². The summed E-state index contributed by atoms with van der Waals surface area (Å²) in [6, 6.07) is 9.64. The van der Waals surface area contributed by atoms with Gasteiger partial charge in [-0.2, -0.15) is 0 Å². The van der Waals surface area contributed by atoms with Crippen LogP contribution in [0.1, 0.15) is 24.3 Å². The number of carbonyl (C=O) groups excluding carboxylic acids is 1. The molecule has 1 unspecified atom stereocenters. The summed E-state index contributed by atoms with van der Waals surface area (Å²) < 4.78 is 4.83. The minimum Gasteiger partial charge on any atom is -0.469 e. The number of unbranched alkanes of at least 4 members (excludes halogenated alkanes) is 1. The van der Waals surface area contributed by atoms with Crippen LogP contribution >= 0.6 is 0 Å². The van der Waals surface area contributed by atoms with Crippen LogP contribution in [0.15, 0.2) is 30.3 Å². The molecule has 0 saturated carbocycles. The van der Waals surface area contributed by atoms with Crippen molar-refractivity contribution >= 4 is 5.97 Å². The van der Waals surface area contributed by atoms with Crippen molar-refractivity contribution in [3.8, 4) is 12.3 Å². The number of nitrogens with one attached hydrogen (secondary N) is 1. The second-order valence-electron chi connectivity index (χ2n) is 4.00. The van der Waals surface area contributed by atoms with Crippen molar-refractivity contribution < 1.29 is 9.53 Å². The minimum atomic E-state index is -0.262. The molecular formula is C15H19NO2. The average molecular weight is 245 g/mol. The summed E-state index contributed by atoms with van der Waals surface area (Å²) >= 11 is 0. The molecule has 0 radical (unpaired) electrons. The van der Waals surface area contributed by atoms with Crippen LogP contribution in [0, 0.1) is 12.3 Å². The van der Waals surface area contributed by atoms with Gasteiger partial charge in [0.1, 0.15) is 0 Å². The highest BCUT2D eigenvalue weighted by Crippen LogP contribution is 2.16. The summed E-state index contributed by atoms with van der Waals surface area (Å²) in [6.07, 6.45) is 6.85. The van der Waals surface area contributed by atoms with E-state index in [0.29, 0.717) is 6.54 Å². The topological polar surface area (TPSA) is 38.3 Å². The van der Waals surface area contributed by atoms with E-state index in [1.165, 1.54) is 7.11 Å². The van der Waals surface area contributed by atoms with Crippen LogP contribution in [0.3, 0.4) is 0 Å². The molecule has 0 aromatic heterocycles. The molecular weight excluding hydrogens is 226 g/mol. The smallest absolute Gasteiger partial charge is 0.314 e. The minimum absolute atomic E-state index is 0.217. The Hall–Kier alpha value is -1.79. The molecule has 0 heterocycles. The summed E-state index contributed by atoms with van der Waals surface area (Å²) in [6.45, 7) is 1.38. The van der Waals surface area contributed by atoms with Crippen LogP contribution in [-0.4, -0.2) is 26.2 Å². The third-order valence-corrected chi connectivity index (χ3v) is 2.71. The lowest BCUT2D eigenvalue weighted by atomic mass is 9.99. The van der Waals surface area contributed by atoms with Crippen molar-refractivity contribution in [1.82, 2.24) is 5.32 Å². The van der Waals surface area contributed by atoms with E-state index in [2.05, 4.69) is 11.2 Å². The normalized spacial score (nSPS) is 11.6. The maximum Gasteiger partial charge on any atom is 0.314 e. The van der Waals surface area contributed by atoms with Crippen molar-refractivity contribution in [2.24, 2.45) is 0 Å². The zero-order chi connectivity index (χ0) is 13.2. The molecule has 0 amide bonds.